The minimum Gasteiger partial charge on any atom is -0.456 e. The van der Waals surface area contributed by atoms with Crippen molar-refractivity contribution in [3.8, 4) is 67.8 Å². The van der Waals surface area contributed by atoms with Crippen molar-refractivity contribution in [1.29, 1.82) is 0 Å². The summed E-state index contributed by atoms with van der Waals surface area (Å²) in [6.45, 7) is 0. The molecule has 0 aliphatic rings. The molecule has 0 fully saturated rings. The molecule has 4 aromatic heterocycles. The van der Waals surface area contributed by atoms with E-state index in [1.165, 1.54) is 0 Å². The summed E-state index contributed by atoms with van der Waals surface area (Å²) in [5, 5.41) is 2.22. The van der Waals surface area contributed by atoms with Gasteiger partial charge in [-0.25, -0.2) is 19.9 Å². The Labute approximate surface area is 299 Å². The van der Waals surface area contributed by atoms with Crippen LogP contribution in [0, 0.1) is 0 Å². The molecule has 6 aromatic carbocycles. The van der Waals surface area contributed by atoms with Crippen LogP contribution in [0.5, 0.6) is 0 Å². The Morgan fingerprint density at radius 1 is 0.365 bits per heavy atom. The Bertz CT molecular complexity index is 2840. The fraction of sp³-hybridized carbons (Fsp3) is 0. The summed E-state index contributed by atoms with van der Waals surface area (Å²) in [7, 11) is 0. The van der Waals surface area contributed by atoms with Crippen LogP contribution in [-0.4, -0.2) is 24.3 Å². The highest BCUT2D eigenvalue weighted by atomic mass is 16.3. The largest absolute Gasteiger partial charge is 0.456 e. The molecule has 0 aliphatic heterocycles. The van der Waals surface area contributed by atoms with Crippen LogP contribution in [0.4, 0.5) is 0 Å². The summed E-state index contributed by atoms with van der Waals surface area (Å²) in [4.78, 5) is 19.8. The Morgan fingerprint density at radius 2 is 0.923 bits per heavy atom. The SMILES string of the molecule is c1ccc(-c2nc(-c3ccccc3)nc(-c3ccc(-c4cccc(-c5nc6ccccn6c5-c5ccc6c(c5)oc5ccccc56)c4)cc3)n2)cc1. The van der Waals surface area contributed by atoms with Gasteiger partial charge < -0.3 is 4.42 Å². The van der Waals surface area contributed by atoms with Gasteiger partial charge in [0.1, 0.15) is 16.8 Å². The fourth-order valence-corrected chi connectivity index (χ4v) is 6.94. The van der Waals surface area contributed by atoms with E-state index in [2.05, 4.69) is 83.4 Å². The Balaban J connectivity index is 1.04. The number of fused-ring (bicyclic) bond motifs is 4. The zero-order chi connectivity index (χ0) is 34.4. The minimum absolute atomic E-state index is 0.628. The maximum Gasteiger partial charge on any atom is 0.164 e. The lowest BCUT2D eigenvalue weighted by Crippen LogP contribution is -2.00. The van der Waals surface area contributed by atoms with Crippen molar-refractivity contribution < 1.29 is 4.42 Å². The van der Waals surface area contributed by atoms with Gasteiger partial charge >= 0.3 is 0 Å². The van der Waals surface area contributed by atoms with Crippen LogP contribution in [0.15, 0.2) is 180 Å². The summed E-state index contributed by atoms with van der Waals surface area (Å²) in [6, 6.07) is 57.8. The lowest BCUT2D eigenvalue weighted by atomic mass is 9.98. The maximum atomic E-state index is 6.28. The normalized spacial score (nSPS) is 11.5. The van der Waals surface area contributed by atoms with Gasteiger partial charge in [-0.05, 0) is 47.5 Å². The van der Waals surface area contributed by atoms with Gasteiger partial charge in [-0.3, -0.25) is 4.40 Å². The number of nitrogens with zero attached hydrogens (tertiary/aromatic N) is 5. The van der Waals surface area contributed by atoms with Gasteiger partial charge in [-0.1, -0.05) is 133 Å². The molecule has 0 amide bonds. The number of pyridine rings is 1. The van der Waals surface area contributed by atoms with Crippen LogP contribution in [0.1, 0.15) is 0 Å². The molecule has 0 aliphatic carbocycles. The summed E-state index contributed by atoms with van der Waals surface area (Å²) >= 11 is 0. The lowest BCUT2D eigenvalue weighted by Gasteiger charge is -2.10. The van der Waals surface area contributed by atoms with Gasteiger partial charge in [0.15, 0.2) is 17.5 Å². The number of furan rings is 1. The number of aromatic nitrogens is 5. The molecule has 0 unspecified atom stereocenters. The molecule has 0 saturated heterocycles. The van der Waals surface area contributed by atoms with Crippen molar-refractivity contribution in [2.45, 2.75) is 0 Å². The number of benzene rings is 6. The molecule has 244 valence electrons. The van der Waals surface area contributed by atoms with Crippen LogP contribution in [0.25, 0.3) is 95.4 Å². The van der Waals surface area contributed by atoms with E-state index >= 15 is 0 Å². The number of rotatable bonds is 6. The predicted octanol–water partition coefficient (Wildman–Crippen LogP) is 11.4. The van der Waals surface area contributed by atoms with Gasteiger partial charge in [0, 0.05) is 44.8 Å². The summed E-state index contributed by atoms with van der Waals surface area (Å²) < 4.78 is 8.44. The topological polar surface area (TPSA) is 69.1 Å². The predicted molar refractivity (Wildman–Crippen MR) is 208 cm³/mol. The molecule has 0 atom stereocenters. The molecule has 10 aromatic rings. The monoisotopic (exact) mass is 667 g/mol. The fourth-order valence-electron chi connectivity index (χ4n) is 6.94. The molecule has 52 heavy (non-hydrogen) atoms. The number of para-hydroxylation sites is 1. The third kappa shape index (κ3) is 5.22. The van der Waals surface area contributed by atoms with Crippen molar-refractivity contribution >= 4 is 27.6 Å². The summed E-state index contributed by atoms with van der Waals surface area (Å²) in [6.07, 6.45) is 2.07. The molecule has 6 heteroatoms. The molecular weight excluding hydrogens is 639 g/mol. The first kappa shape index (κ1) is 29.7. The zero-order valence-electron chi connectivity index (χ0n) is 27.9. The van der Waals surface area contributed by atoms with Crippen molar-refractivity contribution in [3.05, 3.63) is 176 Å². The molecule has 4 heterocycles. The van der Waals surface area contributed by atoms with Gasteiger partial charge in [0.25, 0.3) is 0 Å². The van der Waals surface area contributed by atoms with Gasteiger partial charge in [0.05, 0.1) is 11.4 Å². The first-order valence-corrected chi connectivity index (χ1v) is 17.2. The van der Waals surface area contributed by atoms with E-state index in [-0.39, 0.29) is 0 Å². The van der Waals surface area contributed by atoms with Gasteiger partial charge in [0.2, 0.25) is 0 Å². The highest BCUT2D eigenvalue weighted by molar-refractivity contribution is 6.06. The van der Waals surface area contributed by atoms with Gasteiger partial charge in [-0.15, -0.1) is 0 Å². The summed E-state index contributed by atoms with van der Waals surface area (Å²) in [5.41, 5.74) is 11.6. The average molecular weight is 668 g/mol. The highest BCUT2D eigenvalue weighted by Gasteiger charge is 2.19. The number of hydrogen-bond donors (Lipinski definition) is 0. The minimum atomic E-state index is 0.628. The van der Waals surface area contributed by atoms with Gasteiger partial charge in [-0.2, -0.15) is 0 Å². The standard InChI is InChI=1S/C46H29N5O/c1-3-12-31(13-4-1)44-48-45(32-14-5-2-6-15-32)50-46(49-44)33-23-21-30(22-24-33)34-16-11-17-35(28-34)42-43(51-27-10-9-20-41(51)47-42)36-25-26-38-37-18-7-8-19-39(37)52-40(38)29-36/h1-29H. The number of hydrogen-bond acceptors (Lipinski definition) is 5. The van der Waals surface area contributed by atoms with Crippen LogP contribution in [-0.2, 0) is 0 Å². The van der Waals surface area contributed by atoms with Crippen LogP contribution in [0.3, 0.4) is 0 Å². The van der Waals surface area contributed by atoms with E-state index in [0.29, 0.717) is 17.5 Å². The van der Waals surface area contributed by atoms with Crippen molar-refractivity contribution in [2.75, 3.05) is 0 Å². The molecule has 0 saturated carbocycles. The van der Waals surface area contributed by atoms with Crippen LogP contribution in [0.2, 0.25) is 0 Å². The second-order valence-corrected chi connectivity index (χ2v) is 12.7. The Hall–Kier alpha value is -7.18. The van der Waals surface area contributed by atoms with Crippen molar-refractivity contribution in [1.82, 2.24) is 24.3 Å². The quantitative estimate of drug-likeness (QED) is 0.176. The maximum absolute atomic E-state index is 6.28. The van der Waals surface area contributed by atoms with Crippen LogP contribution >= 0.6 is 0 Å². The van der Waals surface area contributed by atoms with E-state index in [0.717, 1.165) is 77.9 Å². The Kier molecular flexibility index (Phi) is 7.03. The molecule has 0 N–H and O–H groups in total. The molecule has 0 bridgehead atoms. The van der Waals surface area contributed by atoms with Crippen LogP contribution < -0.4 is 0 Å². The number of imidazole rings is 1. The third-order valence-electron chi connectivity index (χ3n) is 9.49. The molecule has 6 nitrogen and oxygen atoms in total. The Morgan fingerprint density at radius 3 is 1.65 bits per heavy atom. The summed E-state index contributed by atoms with van der Waals surface area (Å²) in [5.74, 6) is 1.91. The zero-order valence-corrected chi connectivity index (χ0v) is 27.9. The first-order valence-electron chi connectivity index (χ1n) is 17.2. The lowest BCUT2D eigenvalue weighted by molar-refractivity contribution is 0.669. The van der Waals surface area contributed by atoms with Crippen molar-refractivity contribution in [3.63, 3.8) is 0 Å². The molecular formula is C46H29N5O. The average Bonchev–Trinajstić information content (AvgIpc) is 3.80. The van der Waals surface area contributed by atoms with Crippen molar-refractivity contribution in [2.24, 2.45) is 0 Å². The van der Waals surface area contributed by atoms with E-state index in [1.54, 1.807) is 0 Å². The molecule has 0 spiro atoms. The van der Waals surface area contributed by atoms with E-state index in [9.17, 15) is 0 Å². The second-order valence-electron chi connectivity index (χ2n) is 12.7. The molecule has 10 rings (SSSR count). The third-order valence-corrected chi connectivity index (χ3v) is 9.49. The smallest absolute Gasteiger partial charge is 0.164 e. The molecule has 0 radical (unpaired) electrons. The second kappa shape index (κ2) is 12.3. The van der Waals surface area contributed by atoms with E-state index < -0.39 is 0 Å². The first-order chi connectivity index (χ1) is 25.7. The van der Waals surface area contributed by atoms with E-state index in [1.807, 2.05) is 97.1 Å². The highest BCUT2D eigenvalue weighted by Crippen LogP contribution is 2.38. The van der Waals surface area contributed by atoms with E-state index in [4.69, 9.17) is 24.4 Å².